The van der Waals surface area contributed by atoms with E-state index in [2.05, 4.69) is 5.32 Å². The molecule has 1 N–H and O–H groups in total. The number of carbonyl (C=O) groups is 2. The molecule has 43 heavy (non-hydrogen) atoms. The molecule has 232 valence electrons. The largest absolute Gasteiger partial charge is 0.493 e. The number of halogens is 3. The predicted molar refractivity (Wildman–Crippen MR) is 165 cm³/mol. The van der Waals surface area contributed by atoms with Crippen molar-refractivity contribution in [2.75, 3.05) is 31.6 Å². The molecular weight excluding hydrogens is 620 g/mol. The molecule has 0 aliphatic carbocycles. The Balaban J connectivity index is 2.09. The molecule has 3 rings (SSSR count). The molecule has 0 aliphatic rings. The number of hydrogen-bond donors (Lipinski definition) is 1. The Bertz CT molecular complexity index is 1530. The Hall–Kier alpha value is -3.54. The first-order chi connectivity index (χ1) is 20.3. The normalized spacial score (nSPS) is 12.0. The van der Waals surface area contributed by atoms with Crippen LogP contribution >= 0.6 is 23.2 Å². The van der Waals surface area contributed by atoms with Crippen molar-refractivity contribution in [3.8, 4) is 11.5 Å². The van der Waals surface area contributed by atoms with Crippen molar-refractivity contribution < 1.29 is 31.9 Å². The molecule has 1 unspecified atom stereocenters. The van der Waals surface area contributed by atoms with E-state index in [-0.39, 0.29) is 38.8 Å². The Labute approximate surface area is 261 Å². The minimum atomic E-state index is -4.43. The Morgan fingerprint density at radius 1 is 0.930 bits per heavy atom. The molecule has 3 aromatic carbocycles. The summed E-state index contributed by atoms with van der Waals surface area (Å²) in [5, 5.41) is 3.35. The SMILES string of the molecule is COc1ccc(S(=O)(=O)N(CC(=O)N(Cc2c(Cl)cccc2Cl)C(C)C(=O)NCC(C)C)c2ccc(F)cc2)cc1OC. The van der Waals surface area contributed by atoms with Crippen LogP contribution in [-0.4, -0.2) is 58.5 Å². The number of sulfonamides is 1. The second kappa shape index (κ2) is 14.8. The summed E-state index contributed by atoms with van der Waals surface area (Å²) in [5.41, 5.74) is 0.413. The number of methoxy groups -OCH3 is 2. The van der Waals surface area contributed by atoms with Gasteiger partial charge in [-0.25, -0.2) is 12.8 Å². The fourth-order valence-corrected chi connectivity index (χ4v) is 6.08. The summed E-state index contributed by atoms with van der Waals surface area (Å²) >= 11 is 12.8. The number of benzene rings is 3. The summed E-state index contributed by atoms with van der Waals surface area (Å²) < 4.78 is 53.3. The van der Waals surface area contributed by atoms with Crippen molar-refractivity contribution >= 4 is 50.7 Å². The maximum atomic E-state index is 14.0. The van der Waals surface area contributed by atoms with Gasteiger partial charge in [0.05, 0.1) is 24.8 Å². The third kappa shape index (κ3) is 8.31. The van der Waals surface area contributed by atoms with Crippen LogP contribution in [-0.2, 0) is 26.2 Å². The highest BCUT2D eigenvalue weighted by atomic mass is 35.5. The van der Waals surface area contributed by atoms with Crippen molar-refractivity contribution in [3.63, 3.8) is 0 Å². The number of ether oxygens (including phenoxy) is 2. The van der Waals surface area contributed by atoms with Crippen LogP contribution in [0.4, 0.5) is 10.1 Å². The van der Waals surface area contributed by atoms with Crippen LogP contribution in [0.2, 0.25) is 10.0 Å². The lowest BCUT2D eigenvalue weighted by molar-refractivity contribution is -0.139. The molecule has 0 spiro atoms. The van der Waals surface area contributed by atoms with Gasteiger partial charge in [-0.3, -0.25) is 13.9 Å². The lowest BCUT2D eigenvalue weighted by Crippen LogP contribution is -2.51. The van der Waals surface area contributed by atoms with Crippen LogP contribution in [0.1, 0.15) is 26.3 Å². The second-order valence-corrected chi connectivity index (χ2v) is 12.7. The standard InChI is InChI=1S/C30H34Cl2FN3O6S/c1-19(2)16-34-30(38)20(3)35(17-24-25(31)7-6-8-26(24)32)29(37)18-36(22-11-9-21(33)10-12-22)43(39,40)23-13-14-27(41-4)28(15-23)42-5/h6-15,19-20H,16-18H2,1-5H3,(H,34,38). The van der Waals surface area contributed by atoms with E-state index >= 15 is 0 Å². The summed E-state index contributed by atoms with van der Waals surface area (Å²) in [6.45, 7) is 4.85. The molecule has 9 nitrogen and oxygen atoms in total. The van der Waals surface area contributed by atoms with Crippen LogP contribution < -0.4 is 19.1 Å². The molecule has 0 radical (unpaired) electrons. The van der Waals surface area contributed by atoms with E-state index in [4.69, 9.17) is 32.7 Å². The van der Waals surface area contributed by atoms with Crippen LogP contribution in [0.25, 0.3) is 0 Å². The Morgan fingerprint density at radius 2 is 1.53 bits per heavy atom. The number of hydrogen-bond acceptors (Lipinski definition) is 6. The van der Waals surface area contributed by atoms with Gasteiger partial charge in [-0.1, -0.05) is 43.1 Å². The Kier molecular flexibility index (Phi) is 11.7. The van der Waals surface area contributed by atoms with Gasteiger partial charge in [0, 0.05) is 34.8 Å². The van der Waals surface area contributed by atoms with Crippen molar-refractivity contribution in [1.82, 2.24) is 10.2 Å². The van der Waals surface area contributed by atoms with Crippen LogP contribution in [0, 0.1) is 11.7 Å². The van der Waals surface area contributed by atoms with E-state index in [1.807, 2.05) is 13.8 Å². The second-order valence-electron chi connectivity index (χ2n) is 10.0. The van der Waals surface area contributed by atoms with E-state index in [1.165, 1.54) is 56.4 Å². The summed E-state index contributed by atoms with van der Waals surface area (Å²) in [4.78, 5) is 28.2. The first-order valence-electron chi connectivity index (χ1n) is 13.3. The number of anilines is 1. The maximum absolute atomic E-state index is 14.0. The van der Waals surface area contributed by atoms with E-state index < -0.39 is 40.2 Å². The minimum absolute atomic E-state index is 0.0252. The molecule has 0 aliphatic heterocycles. The van der Waals surface area contributed by atoms with Crippen molar-refractivity contribution in [2.24, 2.45) is 5.92 Å². The van der Waals surface area contributed by atoms with Gasteiger partial charge in [0.2, 0.25) is 11.8 Å². The molecule has 0 heterocycles. The number of nitrogens with one attached hydrogen (secondary N) is 1. The van der Waals surface area contributed by atoms with Crippen molar-refractivity contribution in [1.29, 1.82) is 0 Å². The minimum Gasteiger partial charge on any atom is -0.493 e. The number of amides is 2. The average molecular weight is 655 g/mol. The number of nitrogens with zero attached hydrogens (tertiary/aromatic N) is 2. The monoisotopic (exact) mass is 653 g/mol. The zero-order valence-corrected chi connectivity index (χ0v) is 26.8. The summed E-state index contributed by atoms with van der Waals surface area (Å²) in [5.74, 6) is -1.16. The highest BCUT2D eigenvalue weighted by Crippen LogP contribution is 2.33. The number of rotatable bonds is 13. The van der Waals surface area contributed by atoms with Crippen molar-refractivity contribution in [2.45, 2.75) is 38.3 Å². The zero-order chi connectivity index (χ0) is 31.9. The van der Waals surface area contributed by atoms with E-state index in [9.17, 15) is 22.4 Å². The molecule has 3 aromatic rings. The third-order valence-electron chi connectivity index (χ3n) is 6.58. The van der Waals surface area contributed by atoms with Gasteiger partial charge in [-0.15, -0.1) is 0 Å². The molecule has 0 saturated carbocycles. The van der Waals surface area contributed by atoms with E-state index in [0.717, 1.165) is 16.4 Å². The molecule has 0 saturated heterocycles. The summed E-state index contributed by atoms with van der Waals surface area (Å²) in [7, 11) is -1.66. The topological polar surface area (TPSA) is 105 Å². The van der Waals surface area contributed by atoms with E-state index in [1.54, 1.807) is 18.2 Å². The molecular formula is C30H34Cl2FN3O6S. The molecule has 1 atom stereocenters. The first-order valence-corrected chi connectivity index (χ1v) is 15.5. The maximum Gasteiger partial charge on any atom is 0.264 e. The average Bonchev–Trinajstić information content (AvgIpc) is 2.98. The van der Waals surface area contributed by atoms with Gasteiger partial charge in [-0.05, 0) is 61.4 Å². The molecule has 0 bridgehead atoms. The van der Waals surface area contributed by atoms with Gasteiger partial charge in [-0.2, -0.15) is 0 Å². The van der Waals surface area contributed by atoms with Gasteiger partial charge in [0.1, 0.15) is 18.4 Å². The van der Waals surface area contributed by atoms with Crippen LogP contribution in [0.3, 0.4) is 0 Å². The lowest BCUT2D eigenvalue weighted by atomic mass is 10.1. The van der Waals surface area contributed by atoms with Crippen LogP contribution in [0.5, 0.6) is 11.5 Å². The quantitative estimate of drug-likeness (QED) is 0.260. The van der Waals surface area contributed by atoms with Gasteiger partial charge in [0.15, 0.2) is 11.5 Å². The summed E-state index contributed by atoms with van der Waals surface area (Å²) in [6.07, 6.45) is 0. The van der Waals surface area contributed by atoms with Gasteiger partial charge >= 0.3 is 0 Å². The fourth-order valence-electron chi connectivity index (χ4n) is 4.13. The molecule has 2 amide bonds. The molecule has 13 heteroatoms. The van der Waals surface area contributed by atoms with Gasteiger partial charge in [0.25, 0.3) is 10.0 Å². The van der Waals surface area contributed by atoms with Crippen LogP contribution in [0.15, 0.2) is 65.6 Å². The van der Waals surface area contributed by atoms with E-state index in [0.29, 0.717) is 17.9 Å². The molecule has 0 fully saturated rings. The Morgan fingerprint density at radius 3 is 2.09 bits per heavy atom. The smallest absolute Gasteiger partial charge is 0.264 e. The molecule has 0 aromatic heterocycles. The number of carbonyl (C=O) groups excluding carboxylic acids is 2. The van der Waals surface area contributed by atoms with Gasteiger partial charge < -0.3 is 19.7 Å². The highest BCUT2D eigenvalue weighted by molar-refractivity contribution is 7.92. The third-order valence-corrected chi connectivity index (χ3v) is 9.06. The first kappa shape index (κ1) is 34.0. The zero-order valence-electron chi connectivity index (χ0n) is 24.4. The highest BCUT2D eigenvalue weighted by Gasteiger charge is 2.33. The predicted octanol–water partition coefficient (Wildman–Crippen LogP) is 5.53. The fraction of sp³-hybridized carbons (Fsp3) is 0.333. The lowest BCUT2D eigenvalue weighted by Gasteiger charge is -2.32. The van der Waals surface area contributed by atoms with Crippen molar-refractivity contribution in [3.05, 3.63) is 82.1 Å². The summed E-state index contributed by atoms with van der Waals surface area (Å²) in [6, 6.07) is 12.5.